The summed E-state index contributed by atoms with van der Waals surface area (Å²) >= 11 is 0. The topological polar surface area (TPSA) is 47.3 Å². The SMILES string of the molecule is Cc1cc(N(C)C(C)(C)CO)ccc1C#N. The standard InChI is InChI=1S/C13H18N2O/c1-10-7-12(6-5-11(10)8-14)15(4)13(2,3)9-16/h5-7,16H,9H2,1-4H3. The normalized spacial score (nSPS) is 11.0. The lowest BCUT2D eigenvalue weighted by Crippen LogP contribution is -2.44. The van der Waals surface area contributed by atoms with Crippen LogP contribution in [-0.4, -0.2) is 24.3 Å². The van der Waals surface area contributed by atoms with E-state index >= 15 is 0 Å². The summed E-state index contributed by atoms with van der Waals surface area (Å²) in [6, 6.07) is 7.83. The maximum Gasteiger partial charge on any atom is 0.0994 e. The van der Waals surface area contributed by atoms with Crippen molar-refractivity contribution in [3.63, 3.8) is 0 Å². The van der Waals surface area contributed by atoms with E-state index in [9.17, 15) is 5.11 Å². The first kappa shape index (κ1) is 12.5. The summed E-state index contributed by atoms with van der Waals surface area (Å²) in [7, 11) is 1.94. The Hall–Kier alpha value is -1.53. The highest BCUT2D eigenvalue weighted by atomic mass is 16.3. The van der Waals surface area contributed by atoms with Crippen molar-refractivity contribution in [3.05, 3.63) is 29.3 Å². The van der Waals surface area contributed by atoms with Gasteiger partial charge in [-0.1, -0.05) is 0 Å². The molecule has 0 bridgehead atoms. The van der Waals surface area contributed by atoms with Crippen LogP contribution in [0.3, 0.4) is 0 Å². The summed E-state index contributed by atoms with van der Waals surface area (Å²) < 4.78 is 0. The molecule has 0 fully saturated rings. The van der Waals surface area contributed by atoms with E-state index in [1.807, 2.05) is 50.9 Å². The highest BCUT2D eigenvalue weighted by molar-refractivity contribution is 5.54. The molecule has 0 aliphatic heterocycles. The molecule has 16 heavy (non-hydrogen) atoms. The van der Waals surface area contributed by atoms with Gasteiger partial charge >= 0.3 is 0 Å². The predicted molar refractivity (Wildman–Crippen MR) is 65.5 cm³/mol. The molecule has 0 aliphatic rings. The van der Waals surface area contributed by atoms with E-state index in [1.54, 1.807) is 0 Å². The largest absolute Gasteiger partial charge is 0.394 e. The van der Waals surface area contributed by atoms with Gasteiger partial charge in [-0.2, -0.15) is 5.26 Å². The second-order valence-corrected chi connectivity index (χ2v) is 4.64. The highest BCUT2D eigenvalue weighted by Crippen LogP contribution is 2.24. The molecule has 0 aromatic heterocycles. The molecule has 3 nitrogen and oxygen atoms in total. The number of aliphatic hydroxyl groups is 1. The number of nitrogens with zero attached hydrogens (tertiary/aromatic N) is 2. The number of likely N-dealkylation sites (N-methyl/N-ethyl adjacent to an activating group) is 1. The molecule has 0 atom stereocenters. The molecule has 1 rings (SSSR count). The van der Waals surface area contributed by atoms with Crippen molar-refractivity contribution in [2.75, 3.05) is 18.6 Å². The summed E-state index contributed by atoms with van der Waals surface area (Å²) in [5.74, 6) is 0. The Kier molecular flexibility index (Phi) is 3.56. The van der Waals surface area contributed by atoms with E-state index in [0.717, 1.165) is 11.3 Å². The molecule has 3 heteroatoms. The zero-order valence-corrected chi connectivity index (χ0v) is 10.3. The Bertz CT molecular complexity index is 418. The molecule has 86 valence electrons. The minimum atomic E-state index is -0.305. The summed E-state index contributed by atoms with van der Waals surface area (Å²) in [6.45, 7) is 5.95. The summed E-state index contributed by atoms with van der Waals surface area (Å²) in [5, 5.41) is 18.2. The molecule has 0 heterocycles. The van der Waals surface area contributed by atoms with E-state index in [1.165, 1.54) is 0 Å². The van der Waals surface area contributed by atoms with Gasteiger partial charge in [0.25, 0.3) is 0 Å². The maximum absolute atomic E-state index is 9.30. The monoisotopic (exact) mass is 218 g/mol. The van der Waals surface area contributed by atoms with E-state index in [2.05, 4.69) is 6.07 Å². The van der Waals surface area contributed by atoms with Gasteiger partial charge in [-0.3, -0.25) is 0 Å². The molecule has 1 aromatic carbocycles. The van der Waals surface area contributed by atoms with Crippen LogP contribution in [0.2, 0.25) is 0 Å². The Labute approximate surface area is 96.9 Å². The number of aryl methyl sites for hydroxylation is 1. The molecule has 0 amide bonds. The van der Waals surface area contributed by atoms with Crippen molar-refractivity contribution < 1.29 is 5.11 Å². The number of anilines is 1. The summed E-state index contributed by atoms with van der Waals surface area (Å²) in [6.07, 6.45) is 0. The van der Waals surface area contributed by atoms with Crippen LogP contribution in [0.4, 0.5) is 5.69 Å². The Morgan fingerprint density at radius 2 is 2.06 bits per heavy atom. The Morgan fingerprint density at radius 1 is 1.44 bits per heavy atom. The van der Waals surface area contributed by atoms with Gasteiger partial charge in [0, 0.05) is 12.7 Å². The Balaban J connectivity index is 3.08. The van der Waals surface area contributed by atoms with Gasteiger partial charge in [0.15, 0.2) is 0 Å². The number of aliphatic hydroxyl groups excluding tert-OH is 1. The van der Waals surface area contributed by atoms with E-state index in [-0.39, 0.29) is 12.1 Å². The lowest BCUT2D eigenvalue weighted by molar-refractivity contribution is 0.216. The molecule has 1 N–H and O–H groups in total. The highest BCUT2D eigenvalue weighted by Gasteiger charge is 2.22. The third-order valence-corrected chi connectivity index (χ3v) is 3.01. The second kappa shape index (κ2) is 4.54. The van der Waals surface area contributed by atoms with E-state index < -0.39 is 0 Å². The van der Waals surface area contributed by atoms with Crippen LogP contribution in [0.15, 0.2) is 18.2 Å². The molecule has 0 saturated heterocycles. The van der Waals surface area contributed by atoms with Gasteiger partial charge in [0.05, 0.1) is 23.8 Å². The molecule has 0 saturated carbocycles. The quantitative estimate of drug-likeness (QED) is 0.845. The van der Waals surface area contributed by atoms with Gasteiger partial charge in [-0.25, -0.2) is 0 Å². The molecular weight excluding hydrogens is 200 g/mol. The molecule has 0 radical (unpaired) electrons. The third kappa shape index (κ3) is 2.34. The third-order valence-electron chi connectivity index (χ3n) is 3.01. The predicted octanol–water partition coefficient (Wildman–Crippen LogP) is 2.07. The van der Waals surface area contributed by atoms with Gasteiger partial charge in [0.1, 0.15) is 0 Å². The fourth-order valence-electron chi connectivity index (χ4n) is 1.44. The minimum Gasteiger partial charge on any atom is -0.394 e. The first-order chi connectivity index (χ1) is 7.42. The smallest absolute Gasteiger partial charge is 0.0994 e. The average molecular weight is 218 g/mol. The first-order valence-electron chi connectivity index (χ1n) is 5.28. The van der Waals surface area contributed by atoms with Gasteiger partial charge in [-0.15, -0.1) is 0 Å². The molecule has 1 aromatic rings. The zero-order chi connectivity index (χ0) is 12.3. The molecule has 0 aliphatic carbocycles. The number of nitriles is 1. The van der Waals surface area contributed by atoms with Gasteiger partial charge < -0.3 is 10.0 Å². The van der Waals surface area contributed by atoms with Gasteiger partial charge in [0.2, 0.25) is 0 Å². The molecular formula is C13H18N2O. The number of hydrogen-bond donors (Lipinski definition) is 1. The van der Waals surface area contributed by atoms with Crippen LogP contribution in [0.5, 0.6) is 0 Å². The lowest BCUT2D eigenvalue weighted by atomic mass is 10.0. The van der Waals surface area contributed by atoms with Gasteiger partial charge in [-0.05, 0) is 44.5 Å². The van der Waals surface area contributed by atoms with Crippen LogP contribution in [-0.2, 0) is 0 Å². The van der Waals surface area contributed by atoms with Crippen LogP contribution in [0.1, 0.15) is 25.0 Å². The van der Waals surface area contributed by atoms with Crippen molar-refractivity contribution in [1.82, 2.24) is 0 Å². The minimum absolute atomic E-state index is 0.0859. The van der Waals surface area contributed by atoms with Crippen LogP contribution < -0.4 is 4.90 Å². The maximum atomic E-state index is 9.30. The molecule has 0 spiro atoms. The van der Waals surface area contributed by atoms with Crippen molar-refractivity contribution in [1.29, 1.82) is 5.26 Å². The van der Waals surface area contributed by atoms with Crippen molar-refractivity contribution in [2.45, 2.75) is 26.3 Å². The van der Waals surface area contributed by atoms with E-state index in [0.29, 0.717) is 5.56 Å². The van der Waals surface area contributed by atoms with Crippen molar-refractivity contribution in [2.24, 2.45) is 0 Å². The van der Waals surface area contributed by atoms with Crippen LogP contribution in [0, 0.1) is 18.3 Å². The fraction of sp³-hybridized carbons (Fsp3) is 0.462. The second-order valence-electron chi connectivity index (χ2n) is 4.64. The average Bonchev–Trinajstić information content (AvgIpc) is 2.27. The van der Waals surface area contributed by atoms with Crippen LogP contribution in [0.25, 0.3) is 0 Å². The zero-order valence-electron chi connectivity index (χ0n) is 10.3. The van der Waals surface area contributed by atoms with Crippen LogP contribution >= 0.6 is 0 Å². The fourth-order valence-corrected chi connectivity index (χ4v) is 1.44. The Morgan fingerprint density at radius 3 is 2.50 bits per heavy atom. The number of hydrogen-bond acceptors (Lipinski definition) is 3. The lowest BCUT2D eigenvalue weighted by Gasteiger charge is -2.36. The summed E-state index contributed by atoms with van der Waals surface area (Å²) in [5.41, 5.74) is 2.36. The summed E-state index contributed by atoms with van der Waals surface area (Å²) in [4.78, 5) is 2.02. The number of benzene rings is 1. The van der Waals surface area contributed by atoms with Crippen molar-refractivity contribution >= 4 is 5.69 Å². The van der Waals surface area contributed by atoms with E-state index in [4.69, 9.17) is 5.26 Å². The first-order valence-corrected chi connectivity index (χ1v) is 5.28. The van der Waals surface area contributed by atoms with Crippen molar-refractivity contribution in [3.8, 4) is 6.07 Å². The molecule has 0 unspecified atom stereocenters. The number of rotatable bonds is 3.